The number of sulfonamides is 1. The number of carbonyl (C=O) groups excluding carboxylic acids is 1. The Kier molecular flexibility index (Phi) is 8.01. The third kappa shape index (κ3) is 5.81. The van der Waals surface area contributed by atoms with Gasteiger partial charge in [0.05, 0.1) is 48.4 Å². The second-order valence-corrected chi connectivity index (χ2v) is 12.9. The molecule has 1 amide bonds. The van der Waals surface area contributed by atoms with E-state index in [1.807, 2.05) is 0 Å². The van der Waals surface area contributed by atoms with Gasteiger partial charge >= 0.3 is 0 Å². The third-order valence-corrected chi connectivity index (χ3v) is 9.12. The van der Waals surface area contributed by atoms with E-state index in [0.717, 1.165) is 10.6 Å². The summed E-state index contributed by atoms with van der Waals surface area (Å²) in [5, 5.41) is 3.22. The van der Waals surface area contributed by atoms with Gasteiger partial charge in [-0.3, -0.25) is 18.5 Å². The highest BCUT2D eigenvalue weighted by molar-refractivity contribution is 7.92. The van der Waals surface area contributed by atoms with Crippen molar-refractivity contribution in [3.63, 3.8) is 0 Å². The number of methoxy groups -OCH3 is 1. The number of aromatic nitrogens is 2. The number of furan rings is 1. The molecule has 4 aromatic carbocycles. The molecular formula is C34H28F2N4O6S. The van der Waals surface area contributed by atoms with Gasteiger partial charge in [0.25, 0.3) is 11.5 Å². The smallest absolute Gasteiger partial charge is 0.261 e. The second kappa shape index (κ2) is 12.0. The number of rotatable bonds is 8. The molecule has 13 heteroatoms. The topological polar surface area (TPSA) is 124 Å². The number of ether oxygens (including phenoxy) is 1. The standard InChI is InChI=1S/C34H28F2N4O6S/c1-37-33(41)31-26-15-24(28(39(2)47(4,43)44)16-30(26)46-32(31)19-5-9-22(35)10-6-19)20-8-12-27-25(13-20)34(42)40(18-38-27)17-21-7-11-23(36)14-29(21)45-3/h5-16,18H,17H2,1-4H3,(H,37,41). The van der Waals surface area contributed by atoms with Gasteiger partial charge in [-0.05, 0) is 54.1 Å². The Morgan fingerprint density at radius 1 is 0.979 bits per heavy atom. The van der Waals surface area contributed by atoms with Gasteiger partial charge in [-0.25, -0.2) is 22.2 Å². The van der Waals surface area contributed by atoms with Crippen LogP contribution in [-0.2, 0) is 16.6 Å². The number of anilines is 1. The highest BCUT2D eigenvalue weighted by atomic mass is 32.2. The molecule has 6 rings (SSSR count). The Morgan fingerprint density at radius 2 is 1.68 bits per heavy atom. The van der Waals surface area contributed by atoms with Crippen molar-refractivity contribution in [2.45, 2.75) is 6.54 Å². The maximum Gasteiger partial charge on any atom is 0.261 e. The Hall–Kier alpha value is -5.56. The zero-order valence-electron chi connectivity index (χ0n) is 25.7. The van der Waals surface area contributed by atoms with Gasteiger partial charge < -0.3 is 14.5 Å². The lowest BCUT2D eigenvalue weighted by atomic mass is 9.97. The Morgan fingerprint density at radius 3 is 2.36 bits per heavy atom. The Labute approximate surface area is 267 Å². The number of halogens is 2. The summed E-state index contributed by atoms with van der Waals surface area (Å²) in [6.45, 7) is 0.0557. The van der Waals surface area contributed by atoms with Crippen molar-refractivity contribution in [3.05, 3.63) is 112 Å². The van der Waals surface area contributed by atoms with E-state index < -0.39 is 33.1 Å². The molecule has 0 spiro atoms. The van der Waals surface area contributed by atoms with Crippen molar-refractivity contribution in [1.29, 1.82) is 0 Å². The van der Waals surface area contributed by atoms with Crippen LogP contribution in [0.5, 0.6) is 5.75 Å². The summed E-state index contributed by atoms with van der Waals surface area (Å²) in [6.07, 6.45) is 2.44. The van der Waals surface area contributed by atoms with Crippen LogP contribution in [0.4, 0.5) is 14.5 Å². The first-order valence-electron chi connectivity index (χ1n) is 14.2. The predicted octanol–water partition coefficient (Wildman–Crippen LogP) is 5.57. The first-order valence-corrected chi connectivity index (χ1v) is 16.1. The van der Waals surface area contributed by atoms with E-state index in [-0.39, 0.29) is 40.3 Å². The van der Waals surface area contributed by atoms with Gasteiger partial charge in [-0.2, -0.15) is 0 Å². The molecule has 0 radical (unpaired) electrons. The highest BCUT2D eigenvalue weighted by Gasteiger charge is 2.26. The van der Waals surface area contributed by atoms with Crippen LogP contribution < -0.4 is 19.9 Å². The van der Waals surface area contributed by atoms with Crippen LogP contribution in [0.1, 0.15) is 15.9 Å². The minimum absolute atomic E-state index is 0.0557. The molecule has 10 nitrogen and oxygen atoms in total. The number of amides is 1. The van der Waals surface area contributed by atoms with Crippen LogP contribution >= 0.6 is 0 Å². The molecule has 2 heterocycles. The molecular weight excluding hydrogens is 630 g/mol. The van der Waals surface area contributed by atoms with Gasteiger partial charge in [0, 0.05) is 48.3 Å². The molecule has 0 aliphatic heterocycles. The maximum absolute atomic E-state index is 13.8. The van der Waals surface area contributed by atoms with Crippen molar-refractivity contribution >= 4 is 43.5 Å². The summed E-state index contributed by atoms with van der Waals surface area (Å²) in [7, 11) is 0.472. The fourth-order valence-corrected chi connectivity index (χ4v) is 5.94. The maximum atomic E-state index is 13.8. The Balaban J connectivity index is 1.58. The summed E-state index contributed by atoms with van der Waals surface area (Å²) in [5.41, 5.74) is 2.47. The number of nitrogens with one attached hydrogen (secondary N) is 1. The molecule has 2 aromatic heterocycles. The zero-order chi connectivity index (χ0) is 33.6. The quantitative estimate of drug-likeness (QED) is 0.227. The molecule has 0 saturated heterocycles. The van der Waals surface area contributed by atoms with Gasteiger partial charge in [0.1, 0.15) is 28.7 Å². The third-order valence-electron chi connectivity index (χ3n) is 7.93. The van der Waals surface area contributed by atoms with Crippen molar-refractivity contribution in [2.75, 3.05) is 31.8 Å². The van der Waals surface area contributed by atoms with Crippen LogP contribution in [0.25, 0.3) is 44.3 Å². The lowest BCUT2D eigenvalue weighted by Gasteiger charge is -2.21. The van der Waals surface area contributed by atoms with Crippen LogP contribution in [0.15, 0.2) is 88.3 Å². The van der Waals surface area contributed by atoms with Gasteiger partial charge in [-0.15, -0.1) is 0 Å². The van der Waals surface area contributed by atoms with Gasteiger partial charge in [0.15, 0.2) is 0 Å². The minimum Gasteiger partial charge on any atom is -0.496 e. The summed E-state index contributed by atoms with van der Waals surface area (Å²) in [4.78, 5) is 31.4. The van der Waals surface area contributed by atoms with Crippen LogP contribution in [0.2, 0.25) is 0 Å². The lowest BCUT2D eigenvalue weighted by molar-refractivity contribution is 0.0964. The van der Waals surface area contributed by atoms with Gasteiger partial charge in [0.2, 0.25) is 10.0 Å². The molecule has 0 atom stereocenters. The van der Waals surface area contributed by atoms with E-state index >= 15 is 0 Å². The van der Waals surface area contributed by atoms with E-state index in [0.29, 0.717) is 33.2 Å². The molecule has 47 heavy (non-hydrogen) atoms. The van der Waals surface area contributed by atoms with E-state index in [9.17, 15) is 26.8 Å². The second-order valence-electron chi connectivity index (χ2n) is 10.9. The molecule has 0 aliphatic rings. The number of carbonyl (C=O) groups is 1. The first kappa shape index (κ1) is 31.4. The van der Waals surface area contributed by atoms with Crippen molar-refractivity contribution in [2.24, 2.45) is 0 Å². The molecule has 0 bridgehead atoms. The fourth-order valence-electron chi connectivity index (χ4n) is 5.43. The summed E-state index contributed by atoms with van der Waals surface area (Å²) in [5.74, 6) is -0.966. The van der Waals surface area contributed by atoms with Crippen LogP contribution in [0, 0.1) is 11.6 Å². The monoisotopic (exact) mass is 658 g/mol. The van der Waals surface area contributed by atoms with E-state index in [1.54, 1.807) is 24.3 Å². The number of nitrogens with zero attached hydrogens (tertiary/aromatic N) is 3. The lowest BCUT2D eigenvalue weighted by Crippen LogP contribution is -2.25. The number of hydrogen-bond donors (Lipinski definition) is 1. The predicted molar refractivity (Wildman–Crippen MR) is 175 cm³/mol. The number of fused-ring (bicyclic) bond motifs is 2. The highest BCUT2D eigenvalue weighted by Crippen LogP contribution is 2.41. The molecule has 0 fully saturated rings. The molecule has 6 aromatic rings. The van der Waals surface area contributed by atoms with E-state index in [1.165, 1.54) is 80.6 Å². The summed E-state index contributed by atoms with van der Waals surface area (Å²) in [6, 6.07) is 17.6. The number of hydrogen-bond acceptors (Lipinski definition) is 7. The Bertz CT molecular complexity index is 2370. The zero-order valence-corrected chi connectivity index (χ0v) is 26.5. The van der Waals surface area contributed by atoms with Crippen LogP contribution in [0.3, 0.4) is 0 Å². The molecule has 240 valence electrons. The summed E-state index contributed by atoms with van der Waals surface area (Å²) >= 11 is 0. The first-order chi connectivity index (χ1) is 22.4. The average Bonchev–Trinajstić information content (AvgIpc) is 3.43. The molecule has 0 unspecified atom stereocenters. The molecule has 1 N–H and O–H groups in total. The minimum atomic E-state index is -3.78. The van der Waals surface area contributed by atoms with E-state index in [4.69, 9.17) is 9.15 Å². The molecule has 0 saturated carbocycles. The largest absolute Gasteiger partial charge is 0.496 e. The van der Waals surface area contributed by atoms with Crippen molar-refractivity contribution < 1.29 is 31.1 Å². The van der Waals surface area contributed by atoms with Gasteiger partial charge in [-0.1, -0.05) is 12.1 Å². The SMILES string of the molecule is CNC(=O)c1c(-c2ccc(F)cc2)oc2cc(N(C)S(C)(=O)=O)c(-c3ccc4ncn(Cc5ccc(F)cc5OC)c(=O)c4c3)cc12. The molecule has 0 aliphatic carbocycles. The normalized spacial score (nSPS) is 11.6. The van der Waals surface area contributed by atoms with E-state index in [2.05, 4.69) is 10.3 Å². The van der Waals surface area contributed by atoms with Crippen molar-refractivity contribution in [1.82, 2.24) is 14.9 Å². The fraction of sp³-hybridized carbons (Fsp3) is 0.147. The summed E-state index contributed by atoms with van der Waals surface area (Å²) < 4.78 is 66.9. The van der Waals surface area contributed by atoms with Crippen molar-refractivity contribution in [3.8, 4) is 28.2 Å². The number of benzene rings is 4. The van der Waals surface area contributed by atoms with Crippen LogP contribution in [-0.4, -0.2) is 51.3 Å². The average molecular weight is 659 g/mol.